The van der Waals surface area contributed by atoms with Gasteiger partial charge in [0.25, 0.3) is 0 Å². The molecule has 0 radical (unpaired) electrons. The van der Waals surface area contributed by atoms with Gasteiger partial charge in [0, 0.05) is 0 Å². The Labute approximate surface area is 280 Å². The van der Waals surface area contributed by atoms with Crippen LogP contribution in [0.25, 0.3) is 99.1 Å². The first-order valence-electron chi connectivity index (χ1n) is 16.7. The lowest BCUT2D eigenvalue weighted by Crippen LogP contribution is -1.89. The highest BCUT2D eigenvalue weighted by Crippen LogP contribution is 2.52. The molecule has 48 heavy (non-hydrogen) atoms. The largest absolute Gasteiger partial charge is 0.0622 e. The van der Waals surface area contributed by atoms with Crippen molar-refractivity contribution in [1.82, 2.24) is 0 Å². The van der Waals surface area contributed by atoms with Crippen LogP contribution in [0.15, 0.2) is 182 Å². The average molecular weight is 607 g/mol. The van der Waals surface area contributed by atoms with E-state index < -0.39 is 0 Å². The predicted octanol–water partition coefficient (Wildman–Crippen LogP) is 13.5. The van der Waals surface area contributed by atoms with Gasteiger partial charge in [-0.1, -0.05) is 152 Å². The van der Waals surface area contributed by atoms with Crippen LogP contribution >= 0.6 is 0 Å². The van der Waals surface area contributed by atoms with Crippen LogP contribution in [0.4, 0.5) is 0 Å². The molecule has 0 fully saturated rings. The fourth-order valence-electron chi connectivity index (χ4n) is 7.92. The Bertz CT molecular complexity index is 2700. The van der Waals surface area contributed by atoms with E-state index >= 15 is 0 Å². The second-order valence-corrected chi connectivity index (χ2v) is 12.9. The van der Waals surface area contributed by atoms with Crippen molar-refractivity contribution in [2.75, 3.05) is 0 Å². The molecule has 222 valence electrons. The van der Waals surface area contributed by atoms with Gasteiger partial charge in [0.1, 0.15) is 0 Å². The van der Waals surface area contributed by atoms with Crippen LogP contribution in [-0.4, -0.2) is 0 Å². The van der Waals surface area contributed by atoms with Gasteiger partial charge in [0.2, 0.25) is 0 Å². The Kier molecular flexibility index (Phi) is 5.98. The van der Waals surface area contributed by atoms with Gasteiger partial charge >= 0.3 is 0 Å². The molecule has 0 spiro atoms. The molecule has 0 nitrogen and oxygen atoms in total. The standard InChI is InChI=1S/C48H30/c1-3-12-31(13-4-1)43-26-33-16-7-8-18-35(33)28-45(43)37-22-23-38-42-25-24-39(40-20-11-21-41(48(40)42)46(38)30-37)47-29-36-19-10-9-17-34(36)27-44(47)32-14-5-2-6-15-32/h1-30H. The third-order valence-corrected chi connectivity index (χ3v) is 10.2. The molecule has 0 N–H and O–H groups in total. The molecule has 0 heteroatoms. The highest BCUT2D eigenvalue weighted by atomic mass is 14.3. The molecule has 0 saturated heterocycles. The minimum absolute atomic E-state index is 1.23. The van der Waals surface area contributed by atoms with Gasteiger partial charge in [0.15, 0.2) is 0 Å². The van der Waals surface area contributed by atoms with Gasteiger partial charge in [-0.15, -0.1) is 0 Å². The van der Waals surface area contributed by atoms with E-state index in [0.717, 1.165) is 0 Å². The van der Waals surface area contributed by atoms with E-state index in [9.17, 15) is 0 Å². The summed E-state index contributed by atoms with van der Waals surface area (Å²) in [5.74, 6) is 0. The molecule has 0 aromatic heterocycles. The van der Waals surface area contributed by atoms with E-state index in [2.05, 4.69) is 182 Å². The fourth-order valence-corrected chi connectivity index (χ4v) is 7.92. The van der Waals surface area contributed by atoms with Crippen LogP contribution in [-0.2, 0) is 0 Å². The summed E-state index contributed by atoms with van der Waals surface area (Å²) >= 11 is 0. The highest BCUT2D eigenvalue weighted by molar-refractivity contribution is 6.20. The Morgan fingerprint density at radius 3 is 1.25 bits per heavy atom. The molecule has 0 aliphatic heterocycles. The van der Waals surface area contributed by atoms with Crippen molar-refractivity contribution >= 4 is 32.3 Å². The number of hydrogen-bond acceptors (Lipinski definition) is 0. The maximum absolute atomic E-state index is 2.42. The summed E-state index contributed by atoms with van der Waals surface area (Å²) in [7, 11) is 0. The smallest absolute Gasteiger partial charge is 0.00201 e. The molecule has 0 saturated carbocycles. The van der Waals surface area contributed by atoms with Crippen molar-refractivity contribution in [3.8, 4) is 66.8 Å². The molecule has 9 aromatic carbocycles. The van der Waals surface area contributed by atoms with Crippen LogP contribution in [0, 0.1) is 0 Å². The highest BCUT2D eigenvalue weighted by Gasteiger charge is 2.24. The molecule has 10 rings (SSSR count). The van der Waals surface area contributed by atoms with Crippen molar-refractivity contribution in [2.24, 2.45) is 0 Å². The minimum atomic E-state index is 1.23. The molecule has 0 heterocycles. The van der Waals surface area contributed by atoms with Crippen LogP contribution in [0.5, 0.6) is 0 Å². The molecular weight excluding hydrogens is 577 g/mol. The normalized spacial score (nSPS) is 11.8. The fraction of sp³-hybridized carbons (Fsp3) is 0. The summed E-state index contributed by atoms with van der Waals surface area (Å²) < 4.78 is 0. The van der Waals surface area contributed by atoms with Crippen LogP contribution in [0.3, 0.4) is 0 Å². The van der Waals surface area contributed by atoms with Gasteiger partial charge in [-0.25, -0.2) is 0 Å². The number of fused-ring (bicyclic) bond motifs is 5. The predicted molar refractivity (Wildman–Crippen MR) is 205 cm³/mol. The van der Waals surface area contributed by atoms with Gasteiger partial charge < -0.3 is 0 Å². The van der Waals surface area contributed by atoms with Gasteiger partial charge in [-0.05, 0) is 129 Å². The topological polar surface area (TPSA) is 0 Å². The zero-order valence-corrected chi connectivity index (χ0v) is 26.3. The monoisotopic (exact) mass is 606 g/mol. The molecular formula is C48H30. The van der Waals surface area contributed by atoms with Gasteiger partial charge in [0.05, 0.1) is 0 Å². The van der Waals surface area contributed by atoms with E-state index in [0.29, 0.717) is 0 Å². The lowest BCUT2D eigenvalue weighted by molar-refractivity contribution is 1.60. The molecule has 9 aromatic rings. The summed E-state index contributed by atoms with van der Waals surface area (Å²) in [5, 5.41) is 7.67. The molecule has 0 amide bonds. The van der Waals surface area contributed by atoms with Crippen LogP contribution in [0.2, 0.25) is 0 Å². The lowest BCUT2D eigenvalue weighted by atomic mass is 9.88. The quantitative estimate of drug-likeness (QED) is 0.187. The molecule has 0 unspecified atom stereocenters. The summed E-state index contributed by atoms with van der Waals surface area (Å²) in [6.07, 6.45) is 0. The van der Waals surface area contributed by atoms with E-state index in [1.54, 1.807) is 0 Å². The number of hydrogen-bond donors (Lipinski definition) is 0. The Balaban J connectivity index is 1.18. The third kappa shape index (κ3) is 4.16. The van der Waals surface area contributed by atoms with Crippen molar-refractivity contribution < 1.29 is 0 Å². The lowest BCUT2D eigenvalue weighted by Gasteiger charge is -2.16. The van der Waals surface area contributed by atoms with E-state index in [4.69, 9.17) is 0 Å². The van der Waals surface area contributed by atoms with E-state index in [1.165, 1.54) is 99.1 Å². The van der Waals surface area contributed by atoms with Crippen LogP contribution in [0.1, 0.15) is 0 Å². The minimum Gasteiger partial charge on any atom is -0.0622 e. The van der Waals surface area contributed by atoms with Gasteiger partial charge in [-0.3, -0.25) is 0 Å². The first-order valence-corrected chi connectivity index (χ1v) is 16.7. The molecule has 1 aliphatic rings. The van der Waals surface area contributed by atoms with Crippen molar-refractivity contribution in [1.29, 1.82) is 0 Å². The molecule has 1 aliphatic carbocycles. The van der Waals surface area contributed by atoms with Crippen molar-refractivity contribution in [3.05, 3.63) is 182 Å². The maximum Gasteiger partial charge on any atom is -0.00201 e. The first-order chi connectivity index (χ1) is 23.8. The van der Waals surface area contributed by atoms with Crippen molar-refractivity contribution in [3.63, 3.8) is 0 Å². The third-order valence-electron chi connectivity index (χ3n) is 10.2. The average Bonchev–Trinajstić information content (AvgIpc) is 3.48. The maximum atomic E-state index is 2.42. The van der Waals surface area contributed by atoms with Crippen molar-refractivity contribution in [2.45, 2.75) is 0 Å². The van der Waals surface area contributed by atoms with E-state index in [1.807, 2.05) is 0 Å². The van der Waals surface area contributed by atoms with Gasteiger partial charge in [-0.2, -0.15) is 0 Å². The second kappa shape index (κ2) is 10.7. The Hall–Kier alpha value is -6.24. The summed E-state index contributed by atoms with van der Waals surface area (Å²) in [4.78, 5) is 0. The number of benzene rings is 9. The Morgan fingerprint density at radius 2 is 0.646 bits per heavy atom. The second-order valence-electron chi connectivity index (χ2n) is 12.9. The first kappa shape index (κ1) is 26.9. The zero-order chi connectivity index (χ0) is 31.6. The summed E-state index contributed by atoms with van der Waals surface area (Å²) in [5.41, 5.74) is 15.3. The van der Waals surface area contributed by atoms with Crippen LogP contribution < -0.4 is 0 Å². The number of rotatable bonds is 4. The SMILES string of the molecule is c1ccc(-c2cc3ccccc3cc2-c2ccc3c(c2)-c2cccc4c(-c5cc6ccccc6cc5-c5ccccc5)ccc-3c24)cc1. The Morgan fingerprint density at radius 1 is 0.208 bits per heavy atom. The summed E-state index contributed by atoms with van der Waals surface area (Å²) in [6, 6.07) is 67.1. The summed E-state index contributed by atoms with van der Waals surface area (Å²) in [6.45, 7) is 0. The molecule has 0 bridgehead atoms. The zero-order valence-electron chi connectivity index (χ0n) is 26.3. The van der Waals surface area contributed by atoms with E-state index in [-0.39, 0.29) is 0 Å². The molecule has 0 atom stereocenters.